The number of hydrogen-bond donors (Lipinski definition) is 0. The van der Waals surface area contributed by atoms with Crippen LogP contribution in [0.5, 0.6) is 0 Å². The van der Waals surface area contributed by atoms with E-state index in [9.17, 15) is 0 Å². The highest BCUT2D eigenvalue weighted by molar-refractivity contribution is 7.15. The molecule has 0 atom stereocenters. The normalized spacial score (nSPS) is 14.3. The Morgan fingerprint density at radius 3 is 0.857 bits per heavy atom. The predicted molar refractivity (Wildman–Crippen MR) is 127 cm³/mol. The van der Waals surface area contributed by atoms with Gasteiger partial charge in [-0.05, 0) is 96.5 Å². The summed E-state index contributed by atoms with van der Waals surface area (Å²) in [6.45, 7) is 0. The van der Waals surface area contributed by atoms with Crippen molar-refractivity contribution >= 4 is 69.7 Å². The van der Waals surface area contributed by atoms with Crippen molar-refractivity contribution < 1.29 is 0 Å². The number of fused-ring (bicyclic) bond motifs is 8. The lowest BCUT2D eigenvalue weighted by Crippen LogP contribution is -1.63. The topological polar surface area (TPSA) is 0 Å². The average molecular weight is 429 g/mol. The highest BCUT2D eigenvalue weighted by Crippen LogP contribution is 2.24. The van der Waals surface area contributed by atoms with Crippen molar-refractivity contribution in [3.8, 4) is 23.7 Å². The van der Waals surface area contributed by atoms with E-state index < -0.39 is 0 Å². The van der Waals surface area contributed by atoms with Gasteiger partial charge in [-0.2, -0.15) is 0 Å². The van der Waals surface area contributed by atoms with Crippen LogP contribution in [0.25, 0.3) is 24.3 Å². The molecule has 0 aliphatic carbocycles. The quantitative estimate of drug-likeness (QED) is 0.226. The number of thiophene rings is 4. The van der Waals surface area contributed by atoms with Crippen molar-refractivity contribution in [1.82, 2.24) is 0 Å². The molecule has 0 unspecified atom stereocenters. The molecule has 28 heavy (non-hydrogen) atoms. The molecule has 0 saturated heterocycles. The van der Waals surface area contributed by atoms with Gasteiger partial charge in [-0.3, -0.25) is 0 Å². The molecule has 4 aromatic heterocycles. The molecule has 1 aliphatic rings. The van der Waals surface area contributed by atoms with Gasteiger partial charge in [0.25, 0.3) is 0 Å². The van der Waals surface area contributed by atoms with E-state index in [0.29, 0.717) is 0 Å². The first-order chi connectivity index (χ1) is 13.8. The number of hydrogen-bond acceptors (Lipinski definition) is 4. The van der Waals surface area contributed by atoms with Gasteiger partial charge in [-0.25, -0.2) is 0 Å². The molecule has 1 aliphatic heterocycles. The van der Waals surface area contributed by atoms with E-state index in [4.69, 9.17) is 0 Å². The highest BCUT2D eigenvalue weighted by atomic mass is 32.1. The molecule has 5 rings (SSSR count). The Hall–Kier alpha value is -2.60. The smallest absolute Gasteiger partial charge is 0.0778 e. The lowest BCUT2D eigenvalue weighted by molar-refractivity contribution is 1.87. The molecule has 0 amide bonds. The molecule has 5 heterocycles. The van der Waals surface area contributed by atoms with Crippen LogP contribution in [-0.2, 0) is 0 Å². The van der Waals surface area contributed by atoms with Crippen LogP contribution in [0.15, 0.2) is 48.5 Å². The molecule has 0 saturated carbocycles. The Balaban J connectivity index is 1.55. The maximum atomic E-state index is 3.29. The fraction of sp³-hybridized carbons (Fsp3) is 0. The van der Waals surface area contributed by atoms with Crippen molar-refractivity contribution in [3.63, 3.8) is 0 Å². The van der Waals surface area contributed by atoms with Crippen LogP contribution >= 0.6 is 45.3 Å². The summed E-state index contributed by atoms with van der Waals surface area (Å²) < 4.78 is 0. The third kappa shape index (κ3) is 4.12. The molecule has 4 aromatic rings. The summed E-state index contributed by atoms with van der Waals surface area (Å²) in [7, 11) is 0. The fourth-order valence-electron chi connectivity index (χ4n) is 2.61. The largest absolute Gasteiger partial charge is 0.127 e. The maximum Gasteiger partial charge on any atom is 0.0778 e. The first-order valence-corrected chi connectivity index (χ1v) is 11.9. The average Bonchev–Trinajstić information content (AvgIpc) is 3.49. The molecule has 4 heteroatoms. The number of rotatable bonds is 0. The van der Waals surface area contributed by atoms with Gasteiger partial charge in [0, 0.05) is 19.5 Å². The van der Waals surface area contributed by atoms with Gasteiger partial charge in [0.2, 0.25) is 0 Å². The van der Waals surface area contributed by atoms with E-state index in [1.165, 1.54) is 19.5 Å². The second kappa shape index (κ2) is 7.80. The van der Waals surface area contributed by atoms with Crippen LogP contribution in [0.4, 0.5) is 0 Å². The third-order valence-electron chi connectivity index (χ3n) is 3.95. The molecule has 0 spiro atoms. The van der Waals surface area contributed by atoms with Gasteiger partial charge >= 0.3 is 0 Å². The van der Waals surface area contributed by atoms with Crippen molar-refractivity contribution in [2.75, 3.05) is 0 Å². The van der Waals surface area contributed by atoms with Crippen molar-refractivity contribution in [3.05, 3.63) is 87.5 Å². The van der Waals surface area contributed by atoms with Crippen LogP contribution in [0.3, 0.4) is 0 Å². The van der Waals surface area contributed by atoms with Gasteiger partial charge in [0.1, 0.15) is 0 Å². The second-order valence-electron chi connectivity index (χ2n) is 5.97. The van der Waals surface area contributed by atoms with Crippen LogP contribution in [0.1, 0.15) is 39.0 Å². The molecule has 132 valence electrons. The summed E-state index contributed by atoms with van der Waals surface area (Å²) in [6, 6.07) is 16.9. The summed E-state index contributed by atoms with van der Waals surface area (Å²) in [5, 5.41) is 0. The van der Waals surface area contributed by atoms with Crippen molar-refractivity contribution in [2.45, 2.75) is 0 Å². The van der Waals surface area contributed by atoms with E-state index in [-0.39, 0.29) is 0 Å². The highest BCUT2D eigenvalue weighted by Gasteiger charge is 2.00. The third-order valence-corrected chi connectivity index (χ3v) is 7.81. The Bertz CT molecular complexity index is 1120. The Morgan fingerprint density at radius 2 is 0.607 bits per heavy atom. The molecule has 0 N–H and O–H groups in total. The zero-order chi connectivity index (χ0) is 18.8. The minimum Gasteiger partial charge on any atom is -0.127 e. The second-order valence-corrected chi connectivity index (χ2v) is 10.4. The minimum atomic E-state index is 1.09. The van der Waals surface area contributed by atoms with Crippen LogP contribution in [0.2, 0.25) is 0 Å². The first-order valence-electron chi connectivity index (χ1n) is 8.60. The van der Waals surface area contributed by atoms with E-state index in [1.54, 1.807) is 45.3 Å². The predicted octanol–water partition coefficient (Wildman–Crippen LogP) is 7.39. The molecule has 0 nitrogen and oxygen atoms in total. The molecule has 8 bridgehead atoms. The van der Waals surface area contributed by atoms with E-state index in [1.807, 2.05) is 0 Å². The van der Waals surface area contributed by atoms with Crippen LogP contribution < -0.4 is 0 Å². The summed E-state index contributed by atoms with van der Waals surface area (Å²) in [5.74, 6) is 13.2. The van der Waals surface area contributed by atoms with Gasteiger partial charge in [-0.1, -0.05) is 0 Å². The molecule has 0 radical (unpaired) electrons. The Labute approximate surface area is 180 Å². The minimum absolute atomic E-state index is 1.09. The van der Waals surface area contributed by atoms with Crippen LogP contribution in [0, 0.1) is 23.7 Å². The van der Waals surface area contributed by atoms with Gasteiger partial charge in [0.15, 0.2) is 0 Å². The van der Waals surface area contributed by atoms with E-state index in [0.717, 1.165) is 19.5 Å². The summed E-state index contributed by atoms with van der Waals surface area (Å²) >= 11 is 6.87. The van der Waals surface area contributed by atoms with Crippen molar-refractivity contribution in [2.24, 2.45) is 0 Å². The van der Waals surface area contributed by atoms with Gasteiger partial charge in [-0.15, -0.1) is 45.3 Å². The Kier molecular flexibility index (Phi) is 4.87. The standard InChI is InChI=1S/C24H12S4/c1-2-18-11-12-20-5-6-22(27-20)15-16-24-8-7-23(28-24)14-13-21-4-3-19(26-21)10-9-17(1)25-18/h1-10,15-16H/b10-9-,16-15-,17-9?,19-10?,22-15?,24-16?. The summed E-state index contributed by atoms with van der Waals surface area (Å²) in [6.07, 6.45) is 8.60. The van der Waals surface area contributed by atoms with Crippen molar-refractivity contribution in [1.29, 1.82) is 0 Å². The van der Waals surface area contributed by atoms with Gasteiger partial charge in [0.05, 0.1) is 19.5 Å². The van der Waals surface area contributed by atoms with Crippen LogP contribution in [-0.4, -0.2) is 0 Å². The fourth-order valence-corrected chi connectivity index (χ4v) is 5.67. The van der Waals surface area contributed by atoms with E-state index >= 15 is 0 Å². The lowest BCUT2D eigenvalue weighted by atomic mass is 10.3. The SMILES string of the molecule is C1#Cc2ccc(s2)/C=C\c2ccc(s2)C#Cc2ccc(s2)/C=C\c2ccc1s2. The molecule has 0 fully saturated rings. The molecule has 0 aromatic carbocycles. The zero-order valence-electron chi connectivity index (χ0n) is 14.6. The molecular weight excluding hydrogens is 417 g/mol. The Morgan fingerprint density at radius 1 is 0.357 bits per heavy atom. The summed E-state index contributed by atoms with van der Waals surface area (Å²) in [4.78, 5) is 9.18. The van der Waals surface area contributed by atoms with Gasteiger partial charge < -0.3 is 0 Å². The zero-order valence-corrected chi connectivity index (χ0v) is 17.8. The molecular formula is C24H12S4. The lowest BCUT2D eigenvalue weighted by Gasteiger charge is -1.85. The van der Waals surface area contributed by atoms with E-state index in [2.05, 4.69) is 96.5 Å². The first kappa shape index (κ1) is 17.5. The maximum absolute atomic E-state index is 3.29. The summed E-state index contributed by atoms with van der Waals surface area (Å²) in [5.41, 5.74) is 0. The monoisotopic (exact) mass is 428 g/mol.